The molecule has 0 aliphatic carbocycles. The number of rotatable bonds is 4. The van der Waals surface area contributed by atoms with Crippen LogP contribution in [0.2, 0.25) is 0 Å². The molecule has 3 heteroatoms. The van der Waals surface area contributed by atoms with Crippen LogP contribution in [0.4, 0.5) is 0 Å². The van der Waals surface area contributed by atoms with Crippen molar-refractivity contribution in [3.8, 4) is 5.75 Å². The van der Waals surface area contributed by atoms with E-state index in [-0.39, 0.29) is 5.41 Å². The van der Waals surface area contributed by atoms with Gasteiger partial charge in [-0.25, -0.2) is 0 Å². The Kier molecular flexibility index (Phi) is 3.11. The molecule has 0 saturated carbocycles. The molecule has 1 heterocycles. The quantitative estimate of drug-likeness (QED) is 0.851. The van der Waals surface area contributed by atoms with Crippen LogP contribution >= 0.6 is 0 Å². The van der Waals surface area contributed by atoms with Gasteiger partial charge < -0.3 is 15.5 Å². The molecule has 0 unspecified atom stereocenters. The first-order chi connectivity index (χ1) is 8.08. The zero-order valence-corrected chi connectivity index (χ0v) is 10.7. The molecule has 0 aliphatic rings. The molecule has 1 aromatic heterocycles. The van der Waals surface area contributed by atoms with E-state index in [2.05, 4.69) is 31.1 Å². The summed E-state index contributed by atoms with van der Waals surface area (Å²) in [5.74, 6) is 0.877. The Bertz CT molecular complexity index is 514. The van der Waals surface area contributed by atoms with Crippen molar-refractivity contribution in [3.63, 3.8) is 0 Å². The summed E-state index contributed by atoms with van der Waals surface area (Å²) in [5.41, 5.74) is 8.21. The first-order valence-corrected chi connectivity index (χ1v) is 5.94. The molecule has 0 saturated heterocycles. The van der Waals surface area contributed by atoms with E-state index in [1.807, 2.05) is 12.1 Å². The summed E-state index contributed by atoms with van der Waals surface area (Å²) >= 11 is 0. The van der Waals surface area contributed by atoms with Crippen molar-refractivity contribution in [1.29, 1.82) is 0 Å². The molecular weight excluding hydrogens is 212 g/mol. The van der Waals surface area contributed by atoms with Gasteiger partial charge in [-0.3, -0.25) is 0 Å². The summed E-state index contributed by atoms with van der Waals surface area (Å²) in [6, 6.07) is 6.13. The van der Waals surface area contributed by atoms with Crippen LogP contribution in [0.15, 0.2) is 24.4 Å². The molecule has 92 valence electrons. The molecule has 2 aromatic rings. The molecule has 2 rings (SSSR count). The maximum Gasteiger partial charge on any atom is 0.120 e. The fourth-order valence-electron chi connectivity index (χ4n) is 2.29. The zero-order chi connectivity index (χ0) is 12.5. The van der Waals surface area contributed by atoms with Crippen LogP contribution in [0.3, 0.4) is 0 Å². The van der Waals surface area contributed by atoms with E-state index in [4.69, 9.17) is 10.5 Å². The van der Waals surface area contributed by atoms with E-state index >= 15 is 0 Å². The van der Waals surface area contributed by atoms with Gasteiger partial charge in [0.15, 0.2) is 0 Å². The summed E-state index contributed by atoms with van der Waals surface area (Å²) < 4.78 is 5.22. The van der Waals surface area contributed by atoms with Gasteiger partial charge in [0.1, 0.15) is 5.75 Å². The van der Waals surface area contributed by atoms with Crippen molar-refractivity contribution in [3.05, 3.63) is 30.0 Å². The van der Waals surface area contributed by atoms with Gasteiger partial charge in [0.05, 0.1) is 7.11 Å². The van der Waals surface area contributed by atoms with Crippen LogP contribution < -0.4 is 10.5 Å². The highest BCUT2D eigenvalue weighted by molar-refractivity contribution is 5.85. The molecule has 3 N–H and O–H groups in total. The minimum atomic E-state index is 0.0988. The molecule has 3 nitrogen and oxygen atoms in total. The van der Waals surface area contributed by atoms with Crippen molar-refractivity contribution in [1.82, 2.24) is 4.98 Å². The molecule has 0 radical (unpaired) electrons. The lowest BCUT2D eigenvalue weighted by atomic mass is 9.81. The fourth-order valence-corrected chi connectivity index (χ4v) is 2.29. The van der Waals surface area contributed by atoms with Crippen molar-refractivity contribution in [2.45, 2.75) is 25.7 Å². The van der Waals surface area contributed by atoms with E-state index in [0.717, 1.165) is 17.7 Å². The summed E-state index contributed by atoms with van der Waals surface area (Å²) in [6.07, 6.45) is 3.06. The molecule has 0 amide bonds. The van der Waals surface area contributed by atoms with Crippen LogP contribution in [0, 0.1) is 0 Å². The fraction of sp³-hybridized carbons (Fsp3) is 0.429. The van der Waals surface area contributed by atoms with Gasteiger partial charge in [-0.15, -0.1) is 0 Å². The average Bonchev–Trinajstić information content (AvgIpc) is 2.72. The smallest absolute Gasteiger partial charge is 0.120 e. The number of hydrogen-bond acceptors (Lipinski definition) is 2. The molecule has 0 bridgehead atoms. The highest BCUT2D eigenvalue weighted by Gasteiger charge is 2.23. The number of fused-ring (bicyclic) bond motifs is 1. The molecule has 0 fully saturated rings. The highest BCUT2D eigenvalue weighted by atomic mass is 16.5. The minimum absolute atomic E-state index is 0.0988. The molecule has 17 heavy (non-hydrogen) atoms. The lowest BCUT2D eigenvalue weighted by Gasteiger charge is -2.23. The first kappa shape index (κ1) is 12.0. The third-order valence-electron chi connectivity index (χ3n) is 3.39. The number of nitrogens with one attached hydrogen (secondary N) is 1. The van der Waals surface area contributed by atoms with Crippen molar-refractivity contribution in [2.75, 3.05) is 13.7 Å². The van der Waals surface area contributed by atoms with Gasteiger partial charge in [0.2, 0.25) is 0 Å². The Morgan fingerprint density at radius 3 is 2.76 bits per heavy atom. The third kappa shape index (κ3) is 2.15. The molecule has 0 atom stereocenters. The van der Waals surface area contributed by atoms with Gasteiger partial charge in [0, 0.05) is 23.2 Å². The summed E-state index contributed by atoms with van der Waals surface area (Å²) in [5, 5.41) is 1.25. The van der Waals surface area contributed by atoms with E-state index < -0.39 is 0 Å². The number of H-pyrrole nitrogens is 1. The number of methoxy groups -OCH3 is 1. The van der Waals surface area contributed by atoms with Crippen molar-refractivity contribution < 1.29 is 4.74 Å². The summed E-state index contributed by atoms with van der Waals surface area (Å²) in [4.78, 5) is 3.31. The van der Waals surface area contributed by atoms with Crippen LogP contribution in [0.5, 0.6) is 5.75 Å². The van der Waals surface area contributed by atoms with Crippen molar-refractivity contribution >= 4 is 10.9 Å². The summed E-state index contributed by atoms with van der Waals surface area (Å²) in [7, 11) is 1.68. The zero-order valence-electron chi connectivity index (χ0n) is 10.7. The predicted molar refractivity (Wildman–Crippen MR) is 71.5 cm³/mol. The van der Waals surface area contributed by atoms with Crippen LogP contribution in [-0.2, 0) is 5.41 Å². The van der Waals surface area contributed by atoms with Gasteiger partial charge in [0.25, 0.3) is 0 Å². The lowest BCUT2D eigenvalue weighted by Crippen LogP contribution is -2.21. The lowest BCUT2D eigenvalue weighted by molar-refractivity contribution is 0.415. The molecule has 0 aliphatic heterocycles. The van der Waals surface area contributed by atoms with E-state index in [1.165, 1.54) is 10.9 Å². The normalized spacial score (nSPS) is 12.0. The third-order valence-corrected chi connectivity index (χ3v) is 3.39. The Morgan fingerprint density at radius 2 is 2.12 bits per heavy atom. The largest absolute Gasteiger partial charge is 0.497 e. The standard InChI is InChI=1S/C14H20N2O/c1-14(2,6-7-15)12-9-16-13-8-10(17-3)4-5-11(12)13/h4-5,8-9,16H,6-7,15H2,1-3H3. The number of nitrogens with two attached hydrogens (primary N) is 1. The molecule has 1 aromatic carbocycles. The predicted octanol–water partition coefficient (Wildman–Crippen LogP) is 2.80. The van der Waals surface area contributed by atoms with Gasteiger partial charge >= 0.3 is 0 Å². The summed E-state index contributed by atoms with van der Waals surface area (Å²) in [6.45, 7) is 5.16. The second-order valence-electron chi connectivity index (χ2n) is 5.04. The number of hydrogen-bond donors (Lipinski definition) is 2. The average molecular weight is 232 g/mol. The van der Waals surface area contributed by atoms with Gasteiger partial charge in [-0.2, -0.15) is 0 Å². The number of aromatic nitrogens is 1. The van der Waals surface area contributed by atoms with E-state index in [9.17, 15) is 0 Å². The maximum absolute atomic E-state index is 5.68. The second-order valence-corrected chi connectivity index (χ2v) is 5.04. The van der Waals surface area contributed by atoms with Gasteiger partial charge in [-0.05, 0) is 36.1 Å². The molecule has 0 spiro atoms. The highest BCUT2D eigenvalue weighted by Crippen LogP contribution is 2.33. The van der Waals surface area contributed by atoms with Crippen LogP contribution in [0.1, 0.15) is 25.8 Å². The SMILES string of the molecule is COc1ccc2c(C(C)(C)CCN)c[nH]c2c1. The van der Waals surface area contributed by atoms with E-state index in [1.54, 1.807) is 7.11 Å². The number of benzene rings is 1. The van der Waals surface area contributed by atoms with Crippen LogP contribution in [0.25, 0.3) is 10.9 Å². The second kappa shape index (κ2) is 4.41. The van der Waals surface area contributed by atoms with E-state index in [0.29, 0.717) is 6.54 Å². The van der Waals surface area contributed by atoms with Crippen LogP contribution in [-0.4, -0.2) is 18.6 Å². The Hall–Kier alpha value is -1.48. The Morgan fingerprint density at radius 1 is 1.35 bits per heavy atom. The number of ether oxygens (including phenoxy) is 1. The van der Waals surface area contributed by atoms with Gasteiger partial charge in [-0.1, -0.05) is 13.8 Å². The first-order valence-electron chi connectivity index (χ1n) is 5.94. The molecular formula is C14H20N2O. The Balaban J connectivity index is 2.49. The van der Waals surface area contributed by atoms with Crippen molar-refractivity contribution in [2.24, 2.45) is 5.73 Å². The minimum Gasteiger partial charge on any atom is -0.497 e. The Labute approximate surface area is 102 Å². The monoisotopic (exact) mass is 232 g/mol. The maximum atomic E-state index is 5.68. The number of aromatic amines is 1. The topological polar surface area (TPSA) is 51.0 Å².